The molecule has 2 heterocycles. The fourth-order valence-corrected chi connectivity index (χ4v) is 5.02. The fourth-order valence-electron chi connectivity index (χ4n) is 3.48. The van der Waals surface area contributed by atoms with Crippen molar-refractivity contribution in [3.8, 4) is 0 Å². The molecule has 7 heteroatoms. The van der Waals surface area contributed by atoms with Crippen LogP contribution in [0.3, 0.4) is 0 Å². The molecular weight excluding hydrogens is 404 g/mol. The first kappa shape index (κ1) is 19.9. The standard InChI is InChI=1S/C22H22N2O3S2/c1-16(29(25,26)27)13-14-24-20-9-5-6-10-21(20)28-22(24)15-18-12-11-17-7-3-4-8-19(17)23(18)2/h3-12,15-16H,13-14H2,1-2H3/p+1. The van der Waals surface area contributed by atoms with Crippen LogP contribution in [0, 0.1) is 0 Å². The predicted octanol–water partition coefficient (Wildman–Crippen LogP) is 4.24. The molecule has 29 heavy (non-hydrogen) atoms. The monoisotopic (exact) mass is 427 g/mol. The Labute approximate surface area is 175 Å². The second kappa shape index (κ2) is 7.82. The van der Waals surface area contributed by atoms with Crippen LogP contribution in [0.25, 0.3) is 17.0 Å². The molecule has 3 aromatic rings. The van der Waals surface area contributed by atoms with E-state index in [2.05, 4.69) is 45.9 Å². The highest BCUT2D eigenvalue weighted by atomic mass is 32.2. The molecule has 0 bridgehead atoms. The molecule has 0 spiro atoms. The highest BCUT2D eigenvalue weighted by Crippen LogP contribution is 2.46. The third kappa shape index (κ3) is 4.03. The van der Waals surface area contributed by atoms with E-state index in [-0.39, 0.29) is 0 Å². The summed E-state index contributed by atoms with van der Waals surface area (Å²) in [5, 5.41) is 1.41. The van der Waals surface area contributed by atoms with Gasteiger partial charge in [0.1, 0.15) is 7.05 Å². The quantitative estimate of drug-likeness (QED) is 0.487. The first-order chi connectivity index (χ1) is 13.8. The van der Waals surface area contributed by atoms with Gasteiger partial charge in [0.2, 0.25) is 11.2 Å². The highest BCUT2D eigenvalue weighted by Gasteiger charge is 2.28. The largest absolute Gasteiger partial charge is 0.335 e. The number of hydrogen-bond donors (Lipinski definition) is 1. The molecule has 1 aliphatic rings. The molecule has 1 aromatic heterocycles. The van der Waals surface area contributed by atoms with E-state index in [9.17, 15) is 13.0 Å². The molecule has 5 nitrogen and oxygen atoms in total. The Hall–Kier alpha value is -2.35. The minimum absolute atomic E-state index is 0.342. The molecule has 0 amide bonds. The Morgan fingerprint density at radius 3 is 2.62 bits per heavy atom. The van der Waals surface area contributed by atoms with Gasteiger partial charge in [-0.05, 0) is 37.6 Å². The Balaban J connectivity index is 1.71. The Kier molecular flexibility index (Phi) is 5.38. The van der Waals surface area contributed by atoms with E-state index in [4.69, 9.17) is 0 Å². The smallest absolute Gasteiger partial charge is 0.267 e. The molecule has 2 aromatic carbocycles. The molecule has 1 aliphatic heterocycles. The summed E-state index contributed by atoms with van der Waals surface area (Å²) in [6.45, 7) is 2.05. The number of aromatic nitrogens is 1. The number of aryl methyl sites for hydroxylation is 1. The summed E-state index contributed by atoms with van der Waals surface area (Å²) in [6.07, 6.45) is 2.48. The first-order valence-corrected chi connectivity index (χ1v) is 11.8. The van der Waals surface area contributed by atoms with E-state index in [0.29, 0.717) is 13.0 Å². The van der Waals surface area contributed by atoms with Crippen molar-refractivity contribution < 1.29 is 17.5 Å². The van der Waals surface area contributed by atoms with Gasteiger partial charge in [-0.15, -0.1) is 0 Å². The molecule has 0 saturated carbocycles. The number of pyridine rings is 1. The average Bonchev–Trinajstić information content (AvgIpc) is 3.05. The van der Waals surface area contributed by atoms with E-state index in [1.54, 1.807) is 11.8 Å². The van der Waals surface area contributed by atoms with E-state index in [1.165, 1.54) is 12.3 Å². The minimum atomic E-state index is -4.04. The third-order valence-corrected chi connectivity index (χ3v) is 7.66. The number of nitrogens with zero attached hydrogens (tertiary/aromatic N) is 2. The number of anilines is 1. The minimum Gasteiger partial charge on any atom is -0.335 e. The van der Waals surface area contributed by atoms with Gasteiger partial charge in [0.15, 0.2) is 0 Å². The average molecular weight is 428 g/mol. The lowest BCUT2D eigenvalue weighted by atomic mass is 10.2. The maximum atomic E-state index is 11.4. The molecule has 4 rings (SSSR count). The number of hydrogen-bond acceptors (Lipinski definition) is 4. The number of rotatable bonds is 5. The molecule has 150 valence electrons. The van der Waals surface area contributed by atoms with Crippen LogP contribution in [-0.4, -0.2) is 24.8 Å². The van der Waals surface area contributed by atoms with Crippen molar-refractivity contribution in [3.63, 3.8) is 0 Å². The van der Waals surface area contributed by atoms with Crippen LogP contribution >= 0.6 is 11.8 Å². The molecule has 0 radical (unpaired) electrons. The van der Waals surface area contributed by atoms with Crippen LogP contribution in [0.15, 0.2) is 70.6 Å². The molecule has 1 unspecified atom stereocenters. The van der Waals surface area contributed by atoms with Gasteiger partial charge in [-0.2, -0.15) is 13.0 Å². The van der Waals surface area contributed by atoms with Crippen molar-refractivity contribution >= 4 is 44.5 Å². The van der Waals surface area contributed by atoms with Crippen LogP contribution in [-0.2, 0) is 17.2 Å². The van der Waals surface area contributed by atoms with Crippen molar-refractivity contribution in [1.82, 2.24) is 0 Å². The van der Waals surface area contributed by atoms with E-state index < -0.39 is 15.4 Å². The van der Waals surface area contributed by atoms with Crippen LogP contribution in [0.4, 0.5) is 5.69 Å². The van der Waals surface area contributed by atoms with Gasteiger partial charge in [0.25, 0.3) is 10.1 Å². The Morgan fingerprint density at radius 2 is 1.83 bits per heavy atom. The number of fused-ring (bicyclic) bond motifs is 2. The van der Waals surface area contributed by atoms with Crippen molar-refractivity contribution in [2.45, 2.75) is 23.5 Å². The molecular formula is C22H23N2O3S2+. The van der Waals surface area contributed by atoms with Gasteiger partial charge in [0, 0.05) is 35.0 Å². The van der Waals surface area contributed by atoms with Gasteiger partial charge >= 0.3 is 0 Å². The summed E-state index contributed by atoms with van der Waals surface area (Å²) in [7, 11) is -1.99. The molecule has 0 fully saturated rings. The van der Waals surface area contributed by atoms with E-state index in [1.807, 2.05) is 37.4 Å². The second-order valence-electron chi connectivity index (χ2n) is 7.19. The molecule has 0 saturated heterocycles. The van der Waals surface area contributed by atoms with Gasteiger partial charge in [-0.3, -0.25) is 4.55 Å². The normalized spacial score (nSPS) is 16.4. The summed E-state index contributed by atoms with van der Waals surface area (Å²) in [5.41, 5.74) is 3.27. The lowest BCUT2D eigenvalue weighted by molar-refractivity contribution is -0.646. The summed E-state index contributed by atoms with van der Waals surface area (Å²) in [5.74, 6) is 0. The molecule has 0 aliphatic carbocycles. The summed E-state index contributed by atoms with van der Waals surface area (Å²) in [4.78, 5) is 3.28. The van der Waals surface area contributed by atoms with Crippen LogP contribution in [0.5, 0.6) is 0 Å². The summed E-state index contributed by atoms with van der Waals surface area (Å²) in [6, 6.07) is 20.6. The Morgan fingerprint density at radius 1 is 1.10 bits per heavy atom. The lowest BCUT2D eigenvalue weighted by Crippen LogP contribution is -2.33. The van der Waals surface area contributed by atoms with Gasteiger partial charge in [0.05, 0.1) is 16.0 Å². The van der Waals surface area contributed by atoms with Gasteiger partial charge < -0.3 is 4.90 Å². The number of thioether (sulfide) groups is 1. The molecule has 1 N–H and O–H groups in total. The summed E-state index contributed by atoms with van der Waals surface area (Å²) < 4.78 is 34.4. The zero-order chi connectivity index (χ0) is 20.6. The maximum absolute atomic E-state index is 11.4. The third-order valence-electron chi connectivity index (χ3n) is 5.29. The fraction of sp³-hybridized carbons (Fsp3) is 0.227. The summed E-state index contributed by atoms with van der Waals surface area (Å²) >= 11 is 1.67. The lowest BCUT2D eigenvalue weighted by Gasteiger charge is -2.21. The maximum Gasteiger partial charge on any atom is 0.267 e. The number of benzene rings is 2. The highest BCUT2D eigenvalue weighted by molar-refractivity contribution is 8.03. The zero-order valence-electron chi connectivity index (χ0n) is 16.3. The van der Waals surface area contributed by atoms with Crippen molar-refractivity contribution in [2.75, 3.05) is 11.4 Å². The van der Waals surface area contributed by atoms with Crippen molar-refractivity contribution in [2.24, 2.45) is 7.05 Å². The van der Waals surface area contributed by atoms with Crippen LogP contribution in [0.1, 0.15) is 19.0 Å². The van der Waals surface area contributed by atoms with Crippen molar-refractivity contribution in [3.05, 3.63) is 71.4 Å². The SMILES string of the molecule is CC(CCN1/C(=C/c2ccc3ccccc3[n+]2C)Sc2ccccc21)S(=O)(=O)O. The van der Waals surface area contributed by atoms with Crippen LogP contribution in [0.2, 0.25) is 0 Å². The first-order valence-electron chi connectivity index (χ1n) is 9.45. The van der Waals surface area contributed by atoms with Crippen molar-refractivity contribution in [1.29, 1.82) is 0 Å². The topological polar surface area (TPSA) is 61.5 Å². The predicted molar refractivity (Wildman–Crippen MR) is 118 cm³/mol. The van der Waals surface area contributed by atoms with Crippen LogP contribution < -0.4 is 9.47 Å². The Bertz CT molecular complexity index is 1210. The van der Waals surface area contributed by atoms with E-state index in [0.717, 1.165) is 26.8 Å². The second-order valence-corrected chi connectivity index (χ2v) is 10.1. The molecule has 1 atom stereocenters. The zero-order valence-corrected chi connectivity index (χ0v) is 18.0. The number of para-hydroxylation sites is 2. The van der Waals surface area contributed by atoms with Gasteiger partial charge in [-0.1, -0.05) is 36.0 Å². The van der Waals surface area contributed by atoms with E-state index >= 15 is 0 Å². The van der Waals surface area contributed by atoms with Gasteiger partial charge in [-0.25, -0.2) is 0 Å².